The monoisotopic (exact) mass is 534 g/mol. The number of carbonyl (C=O) groups excluding carboxylic acids is 1. The van der Waals surface area contributed by atoms with Crippen molar-refractivity contribution in [1.29, 1.82) is 0 Å². The molecule has 2 unspecified atom stereocenters. The first-order valence-corrected chi connectivity index (χ1v) is 13.2. The van der Waals surface area contributed by atoms with E-state index in [-0.39, 0.29) is 41.6 Å². The number of aromatic nitrogens is 2. The summed E-state index contributed by atoms with van der Waals surface area (Å²) >= 11 is 6.24. The Balaban J connectivity index is 0.00000235. The molecular formula is C29H40ClFN2O4. The highest BCUT2D eigenvalue weighted by Crippen LogP contribution is 2.33. The van der Waals surface area contributed by atoms with Crippen LogP contribution in [0.1, 0.15) is 92.3 Å². The molecule has 0 saturated carbocycles. The lowest BCUT2D eigenvalue weighted by Gasteiger charge is -2.39. The number of nitrogens with zero attached hydrogens (tertiary/aromatic N) is 2. The van der Waals surface area contributed by atoms with Gasteiger partial charge in [-0.05, 0) is 76.4 Å². The molecule has 37 heavy (non-hydrogen) atoms. The Labute approximate surface area is 225 Å². The van der Waals surface area contributed by atoms with Gasteiger partial charge in [0.05, 0.1) is 30.0 Å². The van der Waals surface area contributed by atoms with Crippen molar-refractivity contribution >= 4 is 23.6 Å². The Kier molecular flexibility index (Phi) is 10.8. The molecule has 2 atom stereocenters. The Bertz CT molecular complexity index is 1080. The topological polar surface area (TPSA) is 70.5 Å². The maximum atomic E-state index is 13.5. The molecular weight excluding hydrogens is 495 g/mol. The van der Waals surface area contributed by atoms with E-state index in [1.54, 1.807) is 12.1 Å². The maximum Gasteiger partial charge on any atom is 0.308 e. The molecule has 1 aromatic heterocycles. The number of esters is 1. The van der Waals surface area contributed by atoms with Crippen molar-refractivity contribution in [3.8, 4) is 11.3 Å². The minimum Gasteiger partial charge on any atom is -0.460 e. The number of hydrogen-bond acceptors (Lipinski definition) is 6. The summed E-state index contributed by atoms with van der Waals surface area (Å²) in [5.74, 6) is -1.45. The molecule has 2 aromatic rings. The Morgan fingerprint density at radius 3 is 2.38 bits per heavy atom. The second-order valence-electron chi connectivity index (χ2n) is 10.5. The first kappa shape index (κ1) is 30.9. The summed E-state index contributed by atoms with van der Waals surface area (Å²) in [5, 5.41) is 0.131. The van der Waals surface area contributed by atoms with Crippen LogP contribution >= 0.6 is 11.6 Å². The third-order valence-corrected chi connectivity index (χ3v) is 5.45. The van der Waals surface area contributed by atoms with Crippen molar-refractivity contribution in [2.45, 2.75) is 105 Å². The van der Waals surface area contributed by atoms with Crippen LogP contribution in [0.4, 0.5) is 4.39 Å². The van der Waals surface area contributed by atoms with Crippen LogP contribution in [0, 0.1) is 5.82 Å². The van der Waals surface area contributed by atoms with Crippen LogP contribution in [-0.2, 0) is 19.0 Å². The van der Waals surface area contributed by atoms with Crippen LogP contribution in [0.15, 0.2) is 30.3 Å². The normalized spacial score (nSPS) is 19.5. The summed E-state index contributed by atoms with van der Waals surface area (Å²) in [6.07, 6.45) is 3.79. The minimum atomic E-state index is -0.878. The molecule has 6 nitrogen and oxygen atoms in total. The summed E-state index contributed by atoms with van der Waals surface area (Å²) in [4.78, 5) is 21.3. The van der Waals surface area contributed by atoms with Gasteiger partial charge in [0.1, 0.15) is 11.4 Å². The number of carbonyl (C=O) groups is 1. The van der Waals surface area contributed by atoms with E-state index in [9.17, 15) is 9.18 Å². The molecule has 1 saturated heterocycles. The van der Waals surface area contributed by atoms with Gasteiger partial charge in [0.25, 0.3) is 0 Å². The smallest absolute Gasteiger partial charge is 0.308 e. The van der Waals surface area contributed by atoms with Crippen LogP contribution in [0.3, 0.4) is 0 Å². The van der Waals surface area contributed by atoms with Crippen molar-refractivity contribution < 1.29 is 23.4 Å². The van der Waals surface area contributed by atoms with E-state index in [4.69, 9.17) is 25.8 Å². The molecule has 1 aliphatic heterocycles. The zero-order valence-electron chi connectivity index (χ0n) is 23.4. The van der Waals surface area contributed by atoms with Crippen molar-refractivity contribution in [3.63, 3.8) is 0 Å². The van der Waals surface area contributed by atoms with Crippen LogP contribution in [0.25, 0.3) is 17.3 Å². The van der Waals surface area contributed by atoms with E-state index in [0.29, 0.717) is 12.1 Å². The van der Waals surface area contributed by atoms with Gasteiger partial charge < -0.3 is 14.2 Å². The molecule has 0 bridgehead atoms. The average Bonchev–Trinajstić information content (AvgIpc) is 2.77. The fraction of sp³-hybridized carbons (Fsp3) is 0.552. The molecule has 204 valence electrons. The van der Waals surface area contributed by atoms with E-state index in [2.05, 4.69) is 9.97 Å². The van der Waals surface area contributed by atoms with Crippen LogP contribution in [0.5, 0.6) is 0 Å². The summed E-state index contributed by atoms with van der Waals surface area (Å²) in [5.41, 5.74) is 2.34. The van der Waals surface area contributed by atoms with E-state index in [1.807, 2.05) is 74.5 Å². The molecule has 0 aliphatic carbocycles. The number of hydrogen-bond donors (Lipinski definition) is 0. The van der Waals surface area contributed by atoms with Gasteiger partial charge in [-0.15, -0.1) is 0 Å². The number of ether oxygens (including phenoxy) is 3. The first-order chi connectivity index (χ1) is 17.2. The molecule has 0 amide bonds. The predicted molar refractivity (Wildman–Crippen MR) is 146 cm³/mol. The predicted octanol–water partition coefficient (Wildman–Crippen LogP) is 7.74. The first-order valence-electron chi connectivity index (χ1n) is 12.8. The average molecular weight is 535 g/mol. The molecule has 2 heterocycles. The second-order valence-corrected chi connectivity index (χ2v) is 10.8. The van der Waals surface area contributed by atoms with Crippen molar-refractivity contribution in [2.75, 3.05) is 0 Å². The summed E-state index contributed by atoms with van der Waals surface area (Å²) in [6, 6.07) is 6.11. The van der Waals surface area contributed by atoms with E-state index in [0.717, 1.165) is 16.8 Å². The van der Waals surface area contributed by atoms with Gasteiger partial charge in [-0.2, -0.15) is 0 Å². The standard InChI is InChI=1S/C27H34ClFN2O4.C2H6/c1-16(2)23-21(24(31-25(28)30-23)17-8-10-18(29)11-9-17)13-12-19-14-20(34-27(6,7)33-19)15-22(32)35-26(3,4)5;1-2/h8-13,16,19-20H,14-15H2,1-7H3;1-2H3/b13-12+;. The molecule has 8 heteroatoms. The number of halogens is 2. The lowest BCUT2D eigenvalue weighted by Crippen LogP contribution is -2.45. The van der Waals surface area contributed by atoms with E-state index >= 15 is 0 Å². The molecule has 0 radical (unpaired) electrons. The summed E-state index contributed by atoms with van der Waals surface area (Å²) < 4.78 is 31.1. The van der Waals surface area contributed by atoms with Gasteiger partial charge in [0.15, 0.2) is 5.79 Å². The quantitative estimate of drug-likeness (QED) is 0.279. The van der Waals surface area contributed by atoms with Crippen molar-refractivity contribution in [1.82, 2.24) is 9.97 Å². The lowest BCUT2D eigenvalue weighted by atomic mass is 9.97. The van der Waals surface area contributed by atoms with Crippen molar-refractivity contribution in [3.05, 3.63) is 52.7 Å². The van der Waals surface area contributed by atoms with Gasteiger partial charge in [0, 0.05) is 17.5 Å². The fourth-order valence-corrected chi connectivity index (χ4v) is 4.23. The van der Waals surface area contributed by atoms with E-state index < -0.39 is 11.4 Å². The highest BCUT2D eigenvalue weighted by molar-refractivity contribution is 6.28. The molecule has 1 aliphatic rings. The van der Waals surface area contributed by atoms with E-state index in [1.165, 1.54) is 12.1 Å². The summed E-state index contributed by atoms with van der Waals surface area (Å²) in [6.45, 7) is 17.2. The molecule has 1 aromatic carbocycles. The zero-order valence-corrected chi connectivity index (χ0v) is 24.1. The maximum absolute atomic E-state index is 13.5. The molecule has 0 spiro atoms. The second kappa shape index (κ2) is 12.9. The highest BCUT2D eigenvalue weighted by atomic mass is 35.5. The third kappa shape index (κ3) is 9.47. The summed E-state index contributed by atoms with van der Waals surface area (Å²) in [7, 11) is 0. The van der Waals surface area contributed by atoms with Crippen LogP contribution in [0.2, 0.25) is 5.28 Å². The van der Waals surface area contributed by atoms with Crippen molar-refractivity contribution in [2.24, 2.45) is 0 Å². The lowest BCUT2D eigenvalue weighted by molar-refractivity contribution is -0.290. The Hall–Kier alpha value is -2.35. The SMILES string of the molecule is CC.CC(C)c1nc(Cl)nc(-c2ccc(F)cc2)c1/C=C/C1CC(CC(=O)OC(C)(C)C)OC(C)(C)O1. The Morgan fingerprint density at radius 2 is 1.81 bits per heavy atom. The van der Waals surface area contributed by atoms with Gasteiger partial charge in [-0.1, -0.05) is 39.8 Å². The Morgan fingerprint density at radius 1 is 1.19 bits per heavy atom. The van der Waals surface area contributed by atoms with Crippen LogP contribution in [-0.4, -0.2) is 39.5 Å². The van der Waals surface area contributed by atoms with Gasteiger partial charge in [-0.25, -0.2) is 14.4 Å². The van der Waals surface area contributed by atoms with Gasteiger partial charge in [-0.3, -0.25) is 4.79 Å². The van der Waals surface area contributed by atoms with Gasteiger partial charge >= 0.3 is 5.97 Å². The number of rotatable bonds is 6. The molecule has 3 rings (SSSR count). The third-order valence-electron chi connectivity index (χ3n) is 5.29. The molecule has 1 fully saturated rings. The van der Waals surface area contributed by atoms with Gasteiger partial charge in [0.2, 0.25) is 5.28 Å². The number of benzene rings is 1. The zero-order chi connectivity index (χ0) is 28.0. The van der Waals surface area contributed by atoms with Crippen LogP contribution < -0.4 is 0 Å². The minimum absolute atomic E-state index is 0.0707. The fourth-order valence-electron chi connectivity index (χ4n) is 4.06. The molecule has 0 N–H and O–H groups in total. The largest absolute Gasteiger partial charge is 0.460 e. The highest BCUT2D eigenvalue weighted by Gasteiger charge is 2.36.